The zero-order valence-corrected chi connectivity index (χ0v) is 7.67. The Morgan fingerprint density at radius 2 is 1.93 bits per heavy atom. The van der Waals surface area contributed by atoms with E-state index in [9.17, 15) is 14.9 Å². The van der Waals surface area contributed by atoms with Crippen molar-refractivity contribution in [2.75, 3.05) is 6.61 Å². The molecule has 0 amide bonds. The highest BCUT2D eigenvalue weighted by Crippen LogP contribution is 2.21. The van der Waals surface area contributed by atoms with Gasteiger partial charge in [0, 0.05) is 23.8 Å². The number of carbonyl (C=O) groups is 1. The van der Waals surface area contributed by atoms with Crippen LogP contribution in [0.15, 0.2) is 30.3 Å². The monoisotopic (exact) mass is 205 g/mol. The number of hydrogen-bond acceptors (Lipinski definition) is 4. The number of nitro benzene ring substituents is 1. The van der Waals surface area contributed by atoms with Crippen LogP contribution in [0, 0.1) is 10.1 Å². The van der Waals surface area contributed by atoms with Crippen LogP contribution in [0.5, 0.6) is 0 Å². The molecule has 2 rings (SSSR count). The first-order valence-corrected chi connectivity index (χ1v) is 4.29. The van der Waals surface area contributed by atoms with Crippen molar-refractivity contribution in [3.63, 3.8) is 0 Å². The van der Waals surface area contributed by atoms with Gasteiger partial charge in [-0.1, -0.05) is 0 Å². The maximum atomic E-state index is 10.8. The largest absolute Gasteiger partial charge is 0.458 e. The lowest BCUT2D eigenvalue weighted by Crippen LogP contribution is -1.92. The van der Waals surface area contributed by atoms with E-state index in [0.717, 1.165) is 11.1 Å². The quantitative estimate of drug-likeness (QED) is 0.417. The number of carbonyl (C=O) groups excluding carboxylic acids is 1. The number of rotatable bonds is 2. The van der Waals surface area contributed by atoms with Crippen molar-refractivity contribution in [1.29, 1.82) is 0 Å². The number of cyclic esters (lactones) is 1. The van der Waals surface area contributed by atoms with Gasteiger partial charge in [-0.25, -0.2) is 4.79 Å². The van der Waals surface area contributed by atoms with E-state index in [0.29, 0.717) is 0 Å². The Balaban J connectivity index is 2.28. The molecule has 1 aliphatic rings. The molecule has 0 radical (unpaired) electrons. The molecule has 15 heavy (non-hydrogen) atoms. The molecule has 0 bridgehead atoms. The first kappa shape index (κ1) is 9.39. The molecule has 76 valence electrons. The molecule has 0 N–H and O–H groups in total. The topological polar surface area (TPSA) is 69.4 Å². The molecule has 0 atom stereocenters. The van der Waals surface area contributed by atoms with E-state index in [1.807, 2.05) is 0 Å². The summed E-state index contributed by atoms with van der Waals surface area (Å²) < 4.78 is 4.73. The summed E-state index contributed by atoms with van der Waals surface area (Å²) in [6.45, 7) is 0.233. The predicted molar refractivity (Wildman–Crippen MR) is 52.0 cm³/mol. The van der Waals surface area contributed by atoms with Gasteiger partial charge >= 0.3 is 5.97 Å². The summed E-state index contributed by atoms with van der Waals surface area (Å²) in [6.07, 6.45) is 1.39. The number of hydrogen-bond donors (Lipinski definition) is 0. The highest BCUT2D eigenvalue weighted by Gasteiger charge is 2.15. The fourth-order valence-electron chi connectivity index (χ4n) is 1.34. The van der Waals surface area contributed by atoms with Crippen molar-refractivity contribution in [1.82, 2.24) is 0 Å². The van der Waals surface area contributed by atoms with Crippen LogP contribution in [-0.2, 0) is 9.53 Å². The van der Waals surface area contributed by atoms with Crippen molar-refractivity contribution in [2.24, 2.45) is 0 Å². The molecule has 0 unspecified atom stereocenters. The Labute approximate surface area is 85.1 Å². The molecule has 0 saturated heterocycles. The lowest BCUT2D eigenvalue weighted by Gasteiger charge is -1.99. The maximum Gasteiger partial charge on any atom is 0.331 e. The lowest BCUT2D eigenvalue weighted by atomic mass is 10.1. The van der Waals surface area contributed by atoms with Crippen molar-refractivity contribution in [3.8, 4) is 0 Å². The van der Waals surface area contributed by atoms with Crippen LogP contribution in [0.25, 0.3) is 5.57 Å². The molecule has 1 aliphatic heterocycles. The first-order valence-electron chi connectivity index (χ1n) is 4.29. The van der Waals surface area contributed by atoms with E-state index in [-0.39, 0.29) is 18.3 Å². The third-order valence-corrected chi connectivity index (χ3v) is 2.11. The number of ether oxygens (including phenoxy) is 1. The molecule has 5 nitrogen and oxygen atoms in total. The van der Waals surface area contributed by atoms with Crippen molar-refractivity contribution >= 4 is 17.2 Å². The number of esters is 1. The van der Waals surface area contributed by atoms with E-state index >= 15 is 0 Å². The van der Waals surface area contributed by atoms with Gasteiger partial charge < -0.3 is 4.74 Å². The van der Waals surface area contributed by atoms with Crippen LogP contribution in [0.2, 0.25) is 0 Å². The Morgan fingerprint density at radius 1 is 1.27 bits per heavy atom. The zero-order valence-electron chi connectivity index (χ0n) is 7.67. The van der Waals surface area contributed by atoms with Crippen LogP contribution in [-0.4, -0.2) is 17.5 Å². The van der Waals surface area contributed by atoms with Crippen LogP contribution >= 0.6 is 0 Å². The molecule has 0 aromatic heterocycles. The average molecular weight is 205 g/mol. The number of benzene rings is 1. The Kier molecular flexibility index (Phi) is 2.21. The van der Waals surface area contributed by atoms with Crippen molar-refractivity contribution < 1.29 is 14.5 Å². The van der Waals surface area contributed by atoms with Gasteiger partial charge in [-0.15, -0.1) is 0 Å². The standard InChI is InChI=1S/C10H7NO4/c12-10-5-8(6-15-10)7-1-3-9(4-2-7)11(13)14/h1-5H,6H2. The lowest BCUT2D eigenvalue weighted by molar-refractivity contribution is -0.384. The molecule has 1 heterocycles. The van der Waals surface area contributed by atoms with Gasteiger partial charge in [0.2, 0.25) is 0 Å². The van der Waals surface area contributed by atoms with Gasteiger partial charge in [-0.05, 0) is 17.7 Å². The minimum Gasteiger partial charge on any atom is -0.458 e. The Bertz CT molecular complexity index is 447. The van der Waals surface area contributed by atoms with E-state index in [1.54, 1.807) is 12.1 Å². The molecule has 0 fully saturated rings. The second-order valence-electron chi connectivity index (χ2n) is 3.08. The van der Waals surface area contributed by atoms with Crippen LogP contribution in [0.3, 0.4) is 0 Å². The fraction of sp³-hybridized carbons (Fsp3) is 0.100. The summed E-state index contributed by atoms with van der Waals surface area (Å²) in [5, 5.41) is 10.4. The van der Waals surface area contributed by atoms with E-state index in [4.69, 9.17) is 4.74 Å². The minimum absolute atomic E-state index is 0.0320. The number of nitrogens with zero attached hydrogens (tertiary/aromatic N) is 1. The molecule has 0 spiro atoms. The Hall–Kier alpha value is -2.17. The van der Waals surface area contributed by atoms with Gasteiger partial charge in [0.05, 0.1) is 4.92 Å². The second-order valence-corrected chi connectivity index (χ2v) is 3.08. The van der Waals surface area contributed by atoms with Gasteiger partial charge in [-0.2, -0.15) is 0 Å². The van der Waals surface area contributed by atoms with E-state index < -0.39 is 4.92 Å². The molecule has 0 saturated carbocycles. The summed E-state index contributed by atoms with van der Waals surface area (Å²) in [7, 11) is 0. The SMILES string of the molecule is O=C1C=C(c2ccc([N+](=O)[O-])cc2)CO1. The van der Waals surface area contributed by atoms with E-state index in [2.05, 4.69) is 0 Å². The summed E-state index contributed by atoms with van der Waals surface area (Å²) in [5.41, 5.74) is 1.55. The number of nitro groups is 1. The molecule has 5 heteroatoms. The average Bonchev–Trinajstić information content (AvgIpc) is 2.65. The molecular formula is C10H7NO4. The third-order valence-electron chi connectivity index (χ3n) is 2.11. The minimum atomic E-state index is -0.464. The van der Waals surface area contributed by atoms with Crippen LogP contribution < -0.4 is 0 Å². The summed E-state index contributed by atoms with van der Waals surface area (Å²) >= 11 is 0. The smallest absolute Gasteiger partial charge is 0.331 e. The van der Waals surface area contributed by atoms with Gasteiger partial charge in [-0.3, -0.25) is 10.1 Å². The van der Waals surface area contributed by atoms with Crippen LogP contribution in [0.4, 0.5) is 5.69 Å². The maximum absolute atomic E-state index is 10.8. The van der Waals surface area contributed by atoms with Crippen molar-refractivity contribution in [2.45, 2.75) is 0 Å². The first-order chi connectivity index (χ1) is 7.16. The van der Waals surface area contributed by atoms with Gasteiger partial charge in [0.15, 0.2) is 0 Å². The fourth-order valence-corrected chi connectivity index (χ4v) is 1.34. The van der Waals surface area contributed by atoms with Crippen LogP contribution in [0.1, 0.15) is 5.56 Å². The highest BCUT2D eigenvalue weighted by atomic mass is 16.6. The summed E-state index contributed by atoms with van der Waals surface area (Å²) in [5.74, 6) is -0.372. The number of non-ortho nitro benzene ring substituents is 1. The molecule has 0 aliphatic carbocycles. The molecule has 1 aromatic carbocycles. The second kappa shape index (κ2) is 3.53. The van der Waals surface area contributed by atoms with Gasteiger partial charge in [0.25, 0.3) is 5.69 Å². The van der Waals surface area contributed by atoms with Crippen molar-refractivity contribution in [3.05, 3.63) is 46.0 Å². The summed E-state index contributed by atoms with van der Waals surface area (Å²) in [6, 6.07) is 6.01. The molecule has 1 aromatic rings. The highest BCUT2D eigenvalue weighted by molar-refractivity contribution is 5.95. The molecular weight excluding hydrogens is 198 g/mol. The van der Waals surface area contributed by atoms with E-state index in [1.165, 1.54) is 18.2 Å². The third kappa shape index (κ3) is 1.85. The zero-order chi connectivity index (χ0) is 10.8. The van der Waals surface area contributed by atoms with Gasteiger partial charge in [0.1, 0.15) is 6.61 Å². The summed E-state index contributed by atoms with van der Waals surface area (Å²) in [4.78, 5) is 20.7. The normalized spacial score (nSPS) is 14.7. The Morgan fingerprint density at radius 3 is 2.40 bits per heavy atom. The predicted octanol–water partition coefficient (Wildman–Crippen LogP) is 1.53.